The fraction of sp³-hybridized carbons (Fsp3) is 0.0952. The number of phenolic OH excluding ortho intramolecular Hbond substituents is 1. The third-order valence-corrected chi connectivity index (χ3v) is 3.79. The second kappa shape index (κ2) is 7.53. The van der Waals surface area contributed by atoms with Crippen LogP contribution in [-0.4, -0.2) is 23.0 Å². The Labute approximate surface area is 146 Å². The molecule has 0 aliphatic rings. The number of aromatic hydroxyl groups is 1. The van der Waals surface area contributed by atoms with E-state index < -0.39 is 0 Å². The molecule has 1 N–H and O–H groups in total. The fourth-order valence-electron chi connectivity index (χ4n) is 2.50. The van der Waals surface area contributed by atoms with E-state index in [0.717, 1.165) is 5.56 Å². The summed E-state index contributed by atoms with van der Waals surface area (Å²) in [5.41, 5.74) is 1.45. The van der Waals surface area contributed by atoms with Crippen LogP contribution in [0.3, 0.4) is 0 Å². The molecule has 4 nitrogen and oxygen atoms in total. The number of phenols is 1. The first kappa shape index (κ1) is 16.6. The molecule has 126 valence electrons. The van der Waals surface area contributed by atoms with Crippen molar-refractivity contribution in [3.8, 4) is 17.2 Å². The number of para-hydroxylation sites is 2. The zero-order valence-corrected chi connectivity index (χ0v) is 13.9. The van der Waals surface area contributed by atoms with Gasteiger partial charge in [0.1, 0.15) is 17.2 Å². The summed E-state index contributed by atoms with van der Waals surface area (Å²) in [6, 6.07) is 23.4. The van der Waals surface area contributed by atoms with Crippen LogP contribution in [0.2, 0.25) is 0 Å². The number of carbonyl (C=O) groups excluding carboxylic acids is 1. The number of nitrogens with zero attached hydrogens (tertiary/aromatic N) is 1. The summed E-state index contributed by atoms with van der Waals surface area (Å²) in [5.74, 6) is 1.29. The van der Waals surface area contributed by atoms with Crippen molar-refractivity contribution in [3.63, 3.8) is 0 Å². The van der Waals surface area contributed by atoms with Crippen LogP contribution in [0.5, 0.6) is 17.2 Å². The summed E-state index contributed by atoms with van der Waals surface area (Å²) in [5, 5.41) is 9.36. The van der Waals surface area contributed by atoms with Crippen molar-refractivity contribution in [1.29, 1.82) is 0 Å². The van der Waals surface area contributed by atoms with Crippen molar-refractivity contribution in [2.75, 3.05) is 7.05 Å². The lowest BCUT2D eigenvalue weighted by Gasteiger charge is -2.19. The normalized spacial score (nSPS) is 10.3. The highest BCUT2D eigenvalue weighted by molar-refractivity contribution is 5.96. The molecule has 25 heavy (non-hydrogen) atoms. The van der Waals surface area contributed by atoms with E-state index in [-0.39, 0.29) is 11.7 Å². The van der Waals surface area contributed by atoms with E-state index in [2.05, 4.69) is 0 Å². The van der Waals surface area contributed by atoms with Gasteiger partial charge in [-0.25, -0.2) is 0 Å². The molecule has 0 spiro atoms. The van der Waals surface area contributed by atoms with Crippen molar-refractivity contribution < 1.29 is 14.6 Å². The zero-order valence-electron chi connectivity index (χ0n) is 13.9. The lowest BCUT2D eigenvalue weighted by atomic mass is 10.1. The van der Waals surface area contributed by atoms with Gasteiger partial charge in [0, 0.05) is 13.6 Å². The van der Waals surface area contributed by atoms with Gasteiger partial charge >= 0.3 is 0 Å². The molecular formula is C21H19NO3. The third-order valence-electron chi connectivity index (χ3n) is 3.79. The van der Waals surface area contributed by atoms with Gasteiger partial charge in [0.15, 0.2) is 0 Å². The molecule has 3 aromatic rings. The van der Waals surface area contributed by atoms with E-state index in [1.807, 2.05) is 42.5 Å². The molecule has 0 aromatic heterocycles. The molecule has 3 aromatic carbocycles. The molecule has 0 saturated heterocycles. The van der Waals surface area contributed by atoms with Crippen LogP contribution in [-0.2, 0) is 6.54 Å². The largest absolute Gasteiger partial charge is 0.508 e. The Morgan fingerprint density at radius 2 is 1.56 bits per heavy atom. The Balaban J connectivity index is 1.78. The molecule has 4 heteroatoms. The van der Waals surface area contributed by atoms with Gasteiger partial charge in [0.05, 0.1) is 5.56 Å². The van der Waals surface area contributed by atoms with E-state index in [1.54, 1.807) is 48.3 Å². The monoisotopic (exact) mass is 333 g/mol. The van der Waals surface area contributed by atoms with Gasteiger partial charge in [-0.2, -0.15) is 0 Å². The number of amides is 1. The smallest absolute Gasteiger partial charge is 0.257 e. The van der Waals surface area contributed by atoms with Crippen LogP contribution in [0.15, 0.2) is 78.9 Å². The molecule has 0 radical (unpaired) electrons. The molecule has 0 saturated carbocycles. The van der Waals surface area contributed by atoms with Gasteiger partial charge in [-0.3, -0.25) is 4.79 Å². The Morgan fingerprint density at radius 1 is 0.920 bits per heavy atom. The first-order chi connectivity index (χ1) is 12.1. The first-order valence-corrected chi connectivity index (χ1v) is 7.99. The Hall–Kier alpha value is -3.27. The minimum absolute atomic E-state index is 0.125. The van der Waals surface area contributed by atoms with Gasteiger partial charge in [0.2, 0.25) is 0 Å². The topological polar surface area (TPSA) is 49.8 Å². The van der Waals surface area contributed by atoms with Crippen LogP contribution in [0, 0.1) is 0 Å². The van der Waals surface area contributed by atoms with Crippen molar-refractivity contribution in [2.45, 2.75) is 6.54 Å². The van der Waals surface area contributed by atoms with Crippen LogP contribution < -0.4 is 4.74 Å². The van der Waals surface area contributed by atoms with Gasteiger partial charge in [-0.15, -0.1) is 0 Å². The molecule has 0 atom stereocenters. The molecule has 0 bridgehead atoms. The van der Waals surface area contributed by atoms with Crippen LogP contribution in [0.25, 0.3) is 0 Å². The SMILES string of the molecule is CN(Cc1ccc(O)cc1)C(=O)c1ccccc1Oc1ccccc1. The van der Waals surface area contributed by atoms with E-state index in [0.29, 0.717) is 23.6 Å². The maximum atomic E-state index is 12.8. The Morgan fingerprint density at radius 3 is 2.28 bits per heavy atom. The van der Waals surface area contributed by atoms with Gasteiger partial charge in [-0.1, -0.05) is 42.5 Å². The minimum atomic E-state index is -0.125. The second-order valence-corrected chi connectivity index (χ2v) is 5.74. The third kappa shape index (κ3) is 4.18. The van der Waals surface area contributed by atoms with Crippen molar-refractivity contribution >= 4 is 5.91 Å². The van der Waals surface area contributed by atoms with Crippen molar-refractivity contribution in [2.24, 2.45) is 0 Å². The number of rotatable bonds is 5. The average molecular weight is 333 g/mol. The number of hydrogen-bond acceptors (Lipinski definition) is 3. The predicted molar refractivity (Wildman–Crippen MR) is 96.9 cm³/mol. The molecule has 3 rings (SSSR count). The predicted octanol–water partition coefficient (Wildman–Crippen LogP) is 4.46. The van der Waals surface area contributed by atoms with Crippen LogP contribution >= 0.6 is 0 Å². The van der Waals surface area contributed by atoms with E-state index in [9.17, 15) is 9.90 Å². The van der Waals surface area contributed by atoms with Crippen molar-refractivity contribution in [3.05, 3.63) is 90.0 Å². The lowest BCUT2D eigenvalue weighted by Crippen LogP contribution is -2.26. The average Bonchev–Trinajstić information content (AvgIpc) is 2.64. The van der Waals surface area contributed by atoms with Gasteiger partial charge in [0.25, 0.3) is 5.91 Å². The maximum Gasteiger partial charge on any atom is 0.257 e. The fourth-order valence-corrected chi connectivity index (χ4v) is 2.50. The summed E-state index contributed by atoms with van der Waals surface area (Å²) in [6.07, 6.45) is 0. The molecule has 0 unspecified atom stereocenters. The van der Waals surface area contributed by atoms with Crippen LogP contribution in [0.4, 0.5) is 0 Å². The first-order valence-electron chi connectivity index (χ1n) is 7.99. The number of benzene rings is 3. The van der Waals surface area contributed by atoms with Gasteiger partial charge in [-0.05, 0) is 42.0 Å². The molecule has 1 amide bonds. The molecular weight excluding hydrogens is 314 g/mol. The maximum absolute atomic E-state index is 12.8. The highest BCUT2D eigenvalue weighted by Crippen LogP contribution is 2.26. The lowest BCUT2D eigenvalue weighted by molar-refractivity contribution is 0.0782. The highest BCUT2D eigenvalue weighted by atomic mass is 16.5. The summed E-state index contributed by atoms with van der Waals surface area (Å²) in [6.45, 7) is 0.443. The second-order valence-electron chi connectivity index (χ2n) is 5.74. The Bertz CT molecular complexity index is 845. The summed E-state index contributed by atoms with van der Waals surface area (Å²) >= 11 is 0. The molecule has 0 aliphatic carbocycles. The van der Waals surface area contributed by atoms with E-state index in [4.69, 9.17) is 4.74 Å². The van der Waals surface area contributed by atoms with Crippen molar-refractivity contribution in [1.82, 2.24) is 4.90 Å². The molecule has 0 heterocycles. The van der Waals surface area contributed by atoms with E-state index >= 15 is 0 Å². The molecule has 0 aliphatic heterocycles. The van der Waals surface area contributed by atoms with Crippen LogP contribution in [0.1, 0.15) is 15.9 Å². The summed E-state index contributed by atoms with van der Waals surface area (Å²) in [4.78, 5) is 14.4. The summed E-state index contributed by atoms with van der Waals surface area (Å²) < 4.78 is 5.87. The highest BCUT2D eigenvalue weighted by Gasteiger charge is 2.17. The minimum Gasteiger partial charge on any atom is -0.508 e. The zero-order chi connectivity index (χ0) is 17.6. The molecule has 0 fully saturated rings. The Kier molecular flexibility index (Phi) is 5.00. The standard InChI is InChI=1S/C21H19NO3/c1-22(15-16-11-13-17(23)14-12-16)21(24)19-9-5-6-10-20(19)25-18-7-3-2-4-8-18/h2-14,23H,15H2,1H3. The quantitative estimate of drug-likeness (QED) is 0.750. The number of carbonyl (C=O) groups is 1. The summed E-state index contributed by atoms with van der Waals surface area (Å²) in [7, 11) is 1.74. The van der Waals surface area contributed by atoms with E-state index in [1.165, 1.54) is 0 Å². The number of hydrogen-bond donors (Lipinski definition) is 1. The number of ether oxygens (including phenoxy) is 1. The van der Waals surface area contributed by atoms with Gasteiger partial charge < -0.3 is 14.7 Å².